The Morgan fingerprint density at radius 2 is 1.96 bits per heavy atom. The molecule has 0 radical (unpaired) electrons. The molecule has 2 rings (SSSR count). The van der Waals surface area contributed by atoms with E-state index in [1.54, 1.807) is 30.5 Å². The summed E-state index contributed by atoms with van der Waals surface area (Å²) in [5.74, 6) is 0.414. The molecule has 0 aliphatic heterocycles. The lowest BCUT2D eigenvalue weighted by molar-refractivity contribution is -0.120. The topological polar surface area (TPSA) is 81.1 Å². The molecule has 23 heavy (non-hydrogen) atoms. The molecule has 1 heterocycles. The van der Waals surface area contributed by atoms with E-state index in [1.165, 1.54) is 0 Å². The number of carbonyl (C=O) groups excluding carboxylic acids is 1. The minimum absolute atomic E-state index is 0.0449. The van der Waals surface area contributed by atoms with Crippen molar-refractivity contribution in [1.82, 2.24) is 14.9 Å². The van der Waals surface area contributed by atoms with Crippen LogP contribution < -0.4 is 5.32 Å². The maximum Gasteiger partial charge on any atom is 0.221 e. The lowest BCUT2D eigenvalue weighted by Gasteiger charge is -2.07. The predicted molar refractivity (Wildman–Crippen MR) is 87.8 cm³/mol. The van der Waals surface area contributed by atoms with E-state index in [0.29, 0.717) is 13.0 Å². The number of nitrogens with one attached hydrogen (secondary N) is 1. The van der Waals surface area contributed by atoms with Gasteiger partial charge in [-0.2, -0.15) is 0 Å². The number of amides is 1. The average molecular weight is 335 g/mol. The van der Waals surface area contributed by atoms with Crippen LogP contribution in [0.25, 0.3) is 0 Å². The van der Waals surface area contributed by atoms with Gasteiger partial charge in [-0.15, -0.1) is 0 Å². The minimum Gasteiger partial charge on any atom is -0.356 e. The van der Waals surface area contributed by atoms with Gasteiger partial charge in [-0.25, -0.2) is 13.4 Å². The van der Waals surface area contributed by atoms with Gasteiger partial charge in [0.15, 0.2) is 9.84 Å². The van der Waals surface area contributed by atoms with Crippen LogP contribution in [-0.4, -0.2) is 36.2 Å². The molecule has 0 aliphatic carbocycles. The van der Waals surface area contributed by atoms with Crippen LogP contribution >= 0.6 is 0 Å². The zero-order valence-corrected chi connectivity index (χ0v) is 14.1. The summed E-state index contributed by atoms with van der Waals surface area (Å²) in [5.41, 5.74) is 0.996. The number of hydrogen-bond acceptors (Lipinski definition) is 4. The molecule has 0 unspecified atom stereocenters. The third kappa shape index (κ3) is 4.92. The number of rotatable bonds is 7. The zero-order valence-electron chi connectivity index (χ0n) is 13.3. The Bertz CT molecular complexity index is 764. The molecule has 0 spiro atoms. The number of hydrogen-bond donors (Lipinski definition) is 1. The van der Waals surface area contributed by atoms with E-state index in [9.17, 15) is 13.2 Å². The van der Waals surface area contributed by atoms with E-state index < -0.39 is 9.84 Å². The second kappa shape index (κ2) is 7.41. The Hall–Kier alpha value is -2.15. The molecule has 124 valence electrons. The zero-order chi connectivity index (χ0) is 16.9. The van der Waals surface area contributed by atoms with Crippen molar-refractivity contribution in [3.05, 3.63) is 48.0 Å². The van der Waals surface area contributed by atoms with E-state index in [2.05, 4.69) is 10.3 Å². The maximum absolute atomic E-state index is 12.2. The van der Waals surface area contributed by atoms with E-state index in [0.717, 1.165) is 11.4 Å². The van der Waals surface area contributed by atoms with Crippen LogP contribution in [0.4, 0.5) is 0 Å². The van der Waals surface area contributed by atoms with Crippen LogP contribution in [0.1, 0.15) is 17.8 Å². The van der Waals surface area contributed by atoms with Crippen LogP contribution in [0.15, 0.2) is 41.6 Å². The van der Waals surface area contributed by atoms with Crippen molar-refractivity contribution >= 4 is 15.7 Å². The first kappa shape index (κ1) is 17.2. The highest BCUT2D eigenvalue weighted by molar-refractivity contribution is 7.91. The SMILES string of the molecule is Cc1ccc(S(=O)(=O)CCC(=O)NCCc2nccn2C)cc1. The molecule has 0 atom stereocenters. The fourth-order valence-corrected chi connectivity index (χ4v) is 3.37. The van der Waals surface area contributed by atoms with E-state index in [1.807, 2.05) is 24.7 Å². The van der Waals surface area contributed by atoms with Gasteiger partial charge in [-0.1, -0.05) is 17.7 Å². The van der Waals surface area contributed by atoms with Crippen molar-refractivity contribution in [2.75, 3.05) is 12.3 Å². The highest BCUT2D eigenvalue weighted by atomic mass is 32.2. The van der Waals surface area contributed by atoms with Gasteiger partial charge in [0.2, 0.25) is 5.91 Å². The molecule has 0 aliphatic rings. The van der Waals surface area contributed by atoms with Gasteiger partial charge in [0, 0.05) is 38.8 Å². The Morgan fingerprint density at radius 3 is 2.57 bits per heavy atom. The van der Waals surface area contributed by atoms with Crippen molar-refractivity contribution in [1.29, 1.82) is 0 Å². The minimum atomic E-state index is -3.42. The second-order valence-electron chi connectivity index (χ2n) is 5.44. The lowest BCUT2D eigenvalue weighted by Crippen LogP contribution is -2.28. The normalized spacial score (nSPS) is 11.4. The van der Waals surface area contributed by atoms with E-state index in [-0.39, 0.29) is 23.0 Å². The third-order valence-corrected chi connectivity index (χ3v) is 5.30. The molecule has 7 heteroatoms. The number of aromatic nitrogens is 2. The molecule has 1 aromatic heterocycles. The summed E-state index contributed by atoms with van der Waals surface area (Å²) in [5, 5.41) is 2.72. The van der Waals surface area contributed by atoms with Crippen LogP contribution in [0.2, 0.25) is 0 Å². The first-order chi connectivity index (χ1) is 10.9. The smallest absolute Gasteiger partial charge is 0.221 e. The monoisotopic (exact) mass is 335 g/mol. The summed E-state index contributed by atoms with van der Waals surface area (Å²) in [6, 6.07) is 6.65. The van der Waals surface area contributed by atoms with Gasteiger partial charge in [0.25, 0.3) is 0 Å². The molecular weight excluding hydrogens is 314 g/mol. The maximum atomic E-state index is 12.2. The van der Waals surface area contributed by atoms with Gasteiger partial charge >= 0.3 is 0 Å². The molecule has 2 aromatic rings. The average Bonchev–Trinajstić information content (AvgIpc) is 2.91. The molecule has 0 saturated carbocycles. The lowest BCUT2D eigenvalue weighted by atomic mass is 10.2. The van der Waals surface area contributed by atoms with Crippen LogP contribution in [0.5, 0.6) is 0 Å². The van der Waals surface area contributed by atoms with Gasteiger partial charge < -0.3 is 9.88 Å². The van der Waals surface area contributed by atoms with Crippen molar-refractivity contribution in [3.63, 3.8) is 0 Å². The number of aryl methyl sites for hydroxylation is 2. The molecule has 0 bridgehead atoms. The van der Waals surface area contributed by atoms with Gasteiger partial charge in [0.1, 0.15) is 5.82 Å². The molecule has 1 aromatic carbocycles. The number of imidazole rings is 1. The number of benzene rings is 1. The Labute approximate surface area is 136 Å². The molecule has 0 fully saturated rings. The van der Waals surface area contributed by atoms with Crippen molar-refractivity contribution in [2.24, 2.45) is 7.05 Å². The highest BCUT2D eigenvalue weighted by Crippen LogP contribution is 2.12. The molecule has 1 N–H and O–H groups in total. The van der Waals surface area contributed by atoms with E-state index >= 15 is 0 Å². The highest BCUT2D eigenvalue weighted by Gasteiger charge is 2.16. The number of nitrogens with zero attached hydrogens (tertiary/aromatic N) is 2. The summed E-state index contributed by atoms with van der Waals surface area (Å²) >= 11 is 0. The van der Waals surface area contributed by atoms with Crippen molar-refractivity contribution < 1.29 is 13.2 Å². The van der Waals surface area contributed by atoms with Gasteiger partial charge in [-0.05, 0) is 19.1 Å². The fraction of sp³-hybridized carbons (Fsp3) is 0.375. The summed E-state index contributed by atoms with van der Waals surface area (Å²) in [6.07, 6.45) is 4.10. The first-order valence-electron chi connectivity index (χ1n) is 7.41. The summed E-state index contributed by atoms with van der Waals surface area (Å²) in [7, 11) is -1.54. The standard InChI is InChI=1S/C16H21N3O3S/c1-13-3-5-14(6-4-13)23(21,22)12-8-16(20)18-9-7-15-17-10-11-19(15)2/h3-6,10-11H,7-9,12H2,1-2H3,(H,18,20). The molecular formula is C16H21N3O3S. The first-order valence-corrected chi connectivity index (χ1v) is 9.06. The Kier molecular flexibility index (Phi) is 5.54. The van der Waals surface area contributed by atoms with Crippen molar-refractivity contribution in [2.45, 2.75) is 24.7 Å². The van der Waals surface area contributed by atoms with Crippen LogP contribution in [0, 0.1) is 6.92 Å². The molecule has 1 amide bonds. The largest absolute Gasteiger partial charge is 0.356 e. The van der Waals surface area contributed by atoms with Crippen LogP contribution in [-0.2, 0) is 28.1 Å². The van der Waals surface area contributed by atoms with Gasteiger partial charge in [-0.3, -0.25) is 4.79 Å². The van der Waals surface area contributed by atoms with E-state index in [4.69, 9.17) is 0 Å². The third-order valence-electron chi connectivity index (χ3n) is 3.57. The summed E-state index contributed by atoms with van der Waals surface area (Å²) in [4.78, 5) is 16.2. The second-order valence-corrected chi connectivity index (χ2v) is 7.55. The van der Waals surface area contributed by atoms with Crippen molar-refractivity contribution in [3.8, 4) is 0 Å². The Morgan fingerprint density at radius 1 is 1.26 bits per heavy atom. The summed E-state index contributed by atoms with van der Waals surface area (Å²) < 4.78 is 26.2. The quantitative estimate of drug-likeness (QED) is 0.826. The summed E-state index contributed by atoms with van der Waals surface area (Å²) in [6.45, 7) is 2.33. The van der Waals surface area contributed by atoms with Crippen LogP contribution in [0.3, 0.4) is 0 Å². The number of carbonyl (C=O) groups is 1. The molecule has 0 saturated heterocycles. The molecule has 6 nitrogen and oxygen atoms in total. The predicted octanol–water partition coefficient (Wildman–Crippen LogP) is 1.25. The number of sulfone groups is 1. The Balaban J connectivity index is 1.79. The van der Waals surface area contributed by atoms with Gasteiger partial charge in [0.05, 0.1) is 10.6 Å². The fourth-order valence-electron chi connectivity index (χ4n) is 2.13.